The van der Waals surface area contributed by atoms with Gasteiger partial charge < -0.3 is 4.74 Å². The molecule has 1 atom stereocenters. The van der Waals surface area contributed by atoms with Crippen molar-refractivity contribution in [2.45, 2.75) is 57.5 Å². The first-order chi connectivity index (χ1) is 6.88. The fraction of sp³-hybridized carbons (Fsp3) is 0.917. The van der Waals surface area contributed by atoms with E-state index in [9.17, 15) is 4.79 Å². The van der Waals surface area contributed by atoms with E-state index in [1.54, 1.807) is 0 Å². The van der Waals surface area contributed by atoms with Crippen LogP contribution in [-0.2, 0) is 9.53 Å². The lowest BCUT2D eigenvalue weighted by Crippen LogP contribution is -2.27. The summed E-state index contributed by atoms with van der Waals surface area (Å²) in [5.41, 5.74) is 0. The maximum atomic E-state index is 12.0. The molecule has 14 heavy (non-hydrogen) atoms. The van der Waals surface area contributed by atoms with Crippen LogP contribution in [0.2, 0.25) is 0 Å². The van der Waals surface area contributed by atoms with Crippen LogP contribution in [-0.4, -0.2) is 18.5 Å². The number of ether oxygens (including phenoxy) is 1. The van der Waals surface area contributed by atoms with Crippen LogP contribution in [0.5, 0.6) is 0 Å². The van der Waals surface area contributed by atoms with Crippen molar-refractivity contribution in [2.75, 3.05) is 6.61 Å². The minimum atomic E-state index is -0.0434. The van der Waals surface area contributed by atoms with E-state index in [2.05, 4.69) is 0 Å². The minimum absolute atomic E-state index is 0.0434. The number of rotatable bonds is 2. The molecule has 2 fully saturated rings. The average Bonchev–Trinajstić information content (AvgIpc) is 2.59. The van der Waals surface area contributed by atoms with Gasteiger partial charge in [-0.15, -0.1) is 0 Å². The molecule has 0 aromatic carbocycles. The third kappa shape index (κ3) is 2.35. The van der Waals surface area contributed by atoms with E-state index in [1.165, 1.54) is 25.7 Å². The Bertz CT molecular complexity index is 186. The molecule has 2 aliphatic rings. The van der Waals surface area contributed by atoms with Gasteiger partial charge in [-0.05, 0) is 25.7 Å². The number of hydrogen-bond donors (Lipinski definition) is 0. The Morgan fingerprint density at radius 3 is 2.21 bits per heavy atom. The smallest absolute Gasteiger partial charge is 0.164 e. The van der Waals surface area contributed by atoms with Gasteiger partial charge in [0.15, 0.2) is 5.78 Å². The number of Topliss-reactive ketones (excluding diaryl/α,β-unsaturated/α-hetero) is 1. The number of ketones is 1. The minimum Gasteiger partial charge on any atom is -0.370 e. The molecule has 1 aliphatic carbocycles. The maximum Gasteiger partial charge on any atom is 0.164 e. The van der Waals surface area contributed by atoms with Crippen molar-refractivity contribution in [3.63, 3.8) is 0 Å². The number of carbonyl (C=O) groups excluding carboxylic acids is 1. The van der Waals surface area contributed by atoms with Crippen LogP contribution in [0.25, 0.3) is 0 Å². The molecule has 0 bridgehead atoms. The van der Waals surface area contributed by atoms with Gasteiger partial charge in [0.1, 0.15) is 6.10 Å². The molecular formula is C12H20O2. The normalized spacial score (nSPS) is 30.1. The molecule has 1 aliphatic heterocycles. The predicted octanol–water partition coefficient (Wildman–Crippen LogP) is 2.70. The third-order valence-corrected chi connectivity index (χ3v) is 3.50. The lowest BCUT2D eigenvalue weighted by molar-refractivity contribution is -0.132. The zero-order chi connectivity index (χ0) is 9.80. The van der Waals surface area contributed by atoms with Gasteiger partial charge in [0.2, 0.25) is 0 Å². The monoisotopic (exact) mass is 196 g/mol. The third-order valence-electron chi connectivity index (χ3n) is 3.50. The van der Waals surface area contributed by atoms with Crippen molar-refractivity contribution in [3.8, 4) is 0 Å². The van der Waals surface area contributed by atoms with Crippen LogP contribution < -0.4 is 0 Å². The summed E-state index contributed by atoms with van der Waals surface area (Å²) in [5, 5.41) is 0. The molecule has 0 amide bonds. The number of hydrogen-bond acceptors (Lipinski definition) is 2. The van der Waals surface area contributed by atoms with E-state index in [1.807, 2.05) is 0 Å². The molecule has 0 aromatic rings. The van der Waals surface area contributed by atoms with Crippen molar-refractivity contribution in [1.82, 2.24) is 0 Å². The maximum absolute atomic E-state index is 12.0. The van der Waals surface area contributed by atoms with Gasteiger partial charge >= 0.3 is 0 Å². The van der Waals surface area contributed by atoms with Crippen LogP contribution in [0.1, 0.15) is 51.4 Å². The highest BCUT2D eigenvalue weighted by molar-refractivity contribution is 5.85. The largest absolute Gasteiger partial charge is 0.370 e. The summed E-state index contributed by atoms with van der Waals surface area (Å²) in [4.78, 5) is 12.0. The molecule has 2 heteroatoms. The van der Waals surface area contributed by atoms with Gasteiger partial charge in [-0.2, -0.15) is 0 Å². The molecule has 0 N–H and O–H groups in total. The molecular weight excluding hydrogens is 176 g/mol. The molecule has 0 aromatic heterocycles. The Labute approximate surface area is 86.0 Å². The SMILES string of the molecule is O=C(C1CCCCCC1)C1CCCO1. The Hall–Kier alpha value is -0.370. The van der Waals surface area contributed by atoms with Crippen LogP contribution in [0.4, 0.5) is 0 Å². The van der Waals surface area contributed by atoms with Gasteiger partial charge in [-0.1, -0.05) is 25.7 Å². The second-order valence-corrected chi connectivity index (χ2v) is 4.59. The van der Waals surface area contributed by atoms with E-state index in [-0.39, 0.29) is 6.10 Å². The van der Waals surface area contributed by atoms with Gasteiger partial charge in [0.05, 0.1) is 0 Å². The Balaban J connectivity index is 1.88. The summed E-state index contributed by atoms with van der Waals surface area (Å²) in [6.45, 7) is 0.795. The molecule has 80 valence electrons. The topological polar surface area (TPSA) is 26.3 Å². The summed E-state index contributed by atoms with van der Waals surface area (Å²) in [5.74, 6) is 0.727. The van der Waals surface area contributed by atoms with Gasteiger partial charge in [0, 0.05) is 12.5 Å². The van der Waals surface area contributed by atoms with Gasteiger partial charge in [-0.3, -0.25) is 4.79 Å². The molecule has 2 rings (SSSR count). The molecule has 1 saturated carbocycles. The van der Waals surface area contributed by atoms with Gasteiger partial charge in [-0.25, -0.2) is 0 Å². The number of carbonyl (C=O) groups is 1. The second kappa shape index (κ2) is 4.92. The highest BCUT2D eigenvalue weighted by atomic mass is 16.5. The standard InChI is InChI=1S/C12H20O2/c13-12(11-8-5-9-14-11)10-6-3-1-2-4-7-10/h10-11H,1-9H2. The molecule has 2 nitrogen and oxygen atoms in total. The first-order valence-electron chi connectivity index (χ1n) is 6.03. The Morgan fingerprint density at radius 2 is 1.64 bits per heavy atom. The first kappa shape index (κ1) is 10.2. The fourth-order valence-electron chi connectivity index (χ4n) is 2.63. The van der Waals surface area contributed by atoms with Crippen LogP contribution in [0.3, 0.4) is 0 Å². The highest BCUT2D eigenvalue weighted by Crippen LogP contribution is 2.27. The molecule has 1 heterocycles. The van der Waals surface area contributed by atoms with E-state index in [0.717, 1.165) is 32.3 Å². The van der Waals surface area contributed by atoms with E-state index in [4.69, 9.17) is 4.74 Å². The first-order valence-corrected chi connectivity index (χ1v) is 6.03. The van der Waals surface area contributed by atoms with Crippen molar-refractivity contribution in [1.29, 1.82) is 0 Å². The Morgan fingerprint density at radius 1 is 0.929 bits per heavy atom. The molecule has 1 unspecified atom stereocenters. The van der Waals surface area contributed by atoms with Crippen molar-refractivity contribution < 1.29 is 9.53 Å². The average molecular weight is 196 g/mol. The summed E-state index contributed by atoms with van der Waals surface area (Å²) in [6.07, 6.45) is 9.32. The van der Waals surface area contributed by atoms with Crippen molar-refractivity contribution in [2.24, 2.45) is 5.92 Å². The van der Waals surface area contributed by atoms with Crippen LogP contribution >= 0.6 is 0 Å². The summed E-state index contributed by atoms with van der Waals surface area (Å²) in [7, 11) is 0. The van der Waals surface area contributed by atoms with E-state index >= 15 is 0 Å². The molecule has 0 spiro atoms. The zero-order valence-electron chi connectivity index (χ0n) is 8.84. The summed E-state index contributed by atoms with van der Waals surface area (Å²) >= 11 is 0. The van der Waals surface area contributed by atoms with Crippen molar-refractivity contribution >= 4 is 5.78 Å². The lowest BCUT2D eigenvalue weighted by Gasteiger charge is -2.16. The molecule has 1 saturated heterocycles. The molecule has 0 radical (unpaired) electrons. The Kier molecular flexibility index (Phi) is 3.57. The summed E-state index contributed by atoms with van der Waals surface area (Å²) in [6, 6.07) is 0. The zero-order valence-corrected chi connectivity index (χ0v) is 8.84. The fourth-order valence-corrected chi connectivity index (χ4v) is 2.63. The van der Waals surface area contributed by atoms with E-state index in [0.29, 0.717) is 11.7 Å². The van der Waals surface area contributed by atoms with E-state index < -0.39 is 0 Å². The van der Waals surface area contributed by atoms with Gasteiger partial charge in [0.25, 0.3) is 0 Å². The quantitative estimate of drug-likeness (QED) is 0.635. The predicted molar refractivity (Wildman–Crippen MR) is 55.2 cm³/mol. The highest BCUT2D eigenvalue weighted by Gasteiger charge is 2.30. The van der Waals surface area contributed by atoms with Crippen molar-refractivity contribution in [3.05, 3.63) is 0 Å². The summed E-state index contributed by atoms with van der Waals surface area (Å²) < 4.78 is 5.46. The second-order valence-electron chi connectivity index (χ2n) is 4.59. The lowest BCUT2D eigenvalue weighted by atomic mass is 9.91. The van der Waals surface area contributed by atoms with Crippen LogP contribution in [0.15, 0.2) is 0 Å². The van der Waals surface area contributed by atoms with Crippen LogP contribution in [0, 0.1) is 5.92 Å².